The Labute approximate surface area is 202 Å². The van der Waals surface area contributed by atoms with Gasteiger partial charge >= 0.3 is 203 Å². The Bertz CT molecular complexity index is 707. The standard InChI is InChI=1S/C16H15OSe.3C4H9.Sn/c1-3-8-15(9-4-1)14-17-12-7-13-18-16-10-5-2-6-11-16;3*1-3-4-2;/h1-11H,12,14H2;3*1,3-4H2,2H3;. The average molecular weight is 592 g/mol. The summed E-state index contributed by atoms with van der Waals surface area (Å²) in [5.74, 6) is 0. The van der Waals surface area contributed by atoms with E-state index >= 15 is 0 Å². The minimum absolute atomic E-state index is 0.447. The summed E-state index contributed by atoms with van der Waals surface area (Å²) in [6.45, 7) is 8.58. The van der Waals surface area contributed by atoms with Gasteiger partial charge in [0.15, 0.2) is 0 Å². The Morgan fingerprint density at radius 1 is 0.774 bits per heavy atom. The number of ether oxygens (including phenoxy) is 1. The average Bonchev–Trinajstić information content (AvgIpc) is 2.82. The zero-order valence-corrected chi connectivity index (χ0v) is 24.5. The fourth-order valence-corrected chi connectivity index (χ4v) is 29.9. The van der Waals surface area contributed by atoms with Crippen LogP contribution >= 0.6 is 0 Å². The van der Waals surface area contributed by atoms with Crippen molar-refractivity contribution in [2.45, 2.75) is 79.2 Å². The van der Waals surface area contributed by atoms with E-state index in [0.717, 1.165) is 6.61 Å². The molecule has 170 valence electrons. The molecule has 3 heteroatoms. The molecule has 0 fully saturated rings. The van der Waals surface area contributed by atoms with E-state index in [4.69, 9.17) is 4.74 Å². The fourth-order valence-electron chi connectivity index (χ4n) is 4.16. The summed E-state index contributed by atoms with van der Waals surface area (Å²) >= 11 is -1.98. The number of hydrogen-bond acceptors (Lipinski definition) is 1. The van der Waals surface area contributed by atoms with Crippen molar-refractivity contribution in [2.75, 3.05) is 6.61 Å². The molecule has 0 aliphatic rings. The molecular weight excluding hydrogens is 550 g/mol. The van der Waals surface area contributed by atoms with Gasteiger partial charge in [-0.15, -0.1) is 0 Å². The predicted octanol–water partition coefficient (Wildman–Crippen LogP) is 7.51. The molecule has 0 saturated heterocycles. The normalized spacial score (nSPS) is 12.3. The van der Waals surface area contributed by atoms with Crippen LogP contribution in [-0.2, 0) is 11.3 Å². The Hall–Kier alpha value is -0.542. The van der Waals surface area contributed by atoms with E-state index in [1.54, 1.807) is 0 Å². The van der Waals surface area contributed by atoms with E-state index in [-0.39, 0.29) is 0 Å². The first kappa shape index (κ1) is 26.7. The zero-order chi connectivity index (χ0) is 22.2. The molecule has 0 unspecified atom stereocenters. The molecule has 0 saturated carbocycles. The van der Waals surface area contributed by atoms with E-state index in [1.807, 2.05) is 2.49 Å². The third-order valence-corrected chi connectivity index (χ3v) is 30.3. The van der Waals surface area contributed by atoms with E-state index in [2.05, 4.69) is 87.5 Å². The topological polar surface area (TPSA) is 9.23 Å². The molecule has 0 radical (unpaired) electrons. The fraction of sp³-hybridized carbons (Fsp3) is 0.500. The van der Waals surface area contributed by atoms with E-state index < -0.39 is 18.4 Å². The van der Waals surface area contributed by atoms with Crippen molar-refractivity contribution in [3.63, 3.8) is 0 Å². The van der Waals surface area contributed by atoms with Crippen molar-refractivity contribution in [3.05, 3.63) is 74.8 Å². The van der Waals surface area contributed by atoms with Gasteiger partial charge in [0.2, 0.25) is 0 Å². The van der Waals surface area contributed by atoms with Crippen LogP contribution in [-0.4, -0.2) is 39.9 Å². The Morgan fingerprint density at radius 3 is 1.81 bits per heavy atom. The van der Waals surface area contributed by atoms with Crippen LogP contribution in [0.3, 0.4) is 0 Å². The number of unbranched alkanes of at least 4 members (excludes halogenated alkanes) is 3. The number of benzene rings is 2. The van der Waals surface area contributed by atoms with Crippen molar-refractivity contribution in [3.8, 4) is 0 Å². The van der Waals surface area contributed by atoms with Crippen LogP contribution in [0.4, 0.5) is 0 Å². The monoisotopic (exact) mass is 594 g/mol. The zero-order valence-electron chi connectivity index (χ0n) is 19.9. The first-order valence-electron chi connectivity index (χ1n) is 12.3. The molecule has 0 aromatic heterocycles. The van der Waals surface area contributed by atoms with Gasteiger partial charge in [0.25, 0.3) is 0 Å². The van der Waals surface area contributed by atoms with Gasteiger partial charge in [0.1, 0.15) is 0 Å². The molecule has 1 nitrogen and oxygen atoms in total. The second-order valence-electron chi connectivity index (χ2n) is 8.58. The Balaban J connectivity index is 2.26. The first-order valence-corrected chi connectivity index (χ1v) is 21.5. The molecule has 0 N–H and O–H groups in total. The van der Waals surface area contributed by atoms with Crippen LogP contribution in [0.15, 0.2) is 69.2 Å². The summed E-state index contributed by atoms with van der Waals surface area (Å²) in [5, 5.41) is 0. The van der Waals surface area contributed by atoms with E-state index in [9.17, 15) is 0 Å². The maximum absolute atomic E-state index is 6.16. The molecule has 0 amide bonds. The van der Waals surface area contributed by atoms with Crippen LogP contribution in [0.25, 0.3) is 0 Å². The van der Waals surface area contributed by atoms with Crippen LogP contribution in [0.5, 0.6) is 0 Å². The van der Waals surface area contributed by atoms with Gasteiger partial charge in [-0.1, -0.05) is 0 Å². The number of rotatable bonds is 16. The quantitative estimate of drug-likeness (QED) is 0.145. The first-order chi connectivity index (χ1) is 15.2. The van der Waals surface area contributed by atoms with Gasteiger partial charge in [0, 0.05) is 0 Å². The van der Waals surface area contributed by atoms with Gasteiger partial charge < -0.3 is 0 Å². The van der Waals surface area contributed by atoms with Crippen molar-refractivity contribution >= 4 is 37.8 Å². The van der Waals surface area contributed by atoms with Gasteiger partial charge in [-0.25, -0.2) is 0 Å². The molecule has 0 atom stereocenters. The molecule has 31 heavy (non-hydrogen) atoms. The SMILES string of the molecule is CCC[CH2][Sn]([CH2]CCC)([CH2]CCC)/[C](=C\COCc1ccccc1)[Se]c1ccccc1. The second-order valence-corrected chi connectivity index (χ2v) is 26.4. The van der Waals surface area contributed by atoms with Gasteiger partial charge in [-0.05, 0) is 0 Å². The summed E-state index contributed by atoms with van der Waals surface area (Å²) in [5.41, 5.74) is 1.27. The summed E-state index contributed by atoms with van der Waals surface area (Å²) in [6, 6.07) is 21.8. The third kappa shape index (κ3) is 9.86. The van der Waals surface area contributed by atoms with Gasteiger partial charge in [0.05, 0.1) is 0 Å². The van der Waals surface area contributed by atoms with Crippen molar-refractivity contribution in [1.29, 1.82) is 0 Å². The second kappa shape index (κ2) is 16.1. The van der Waals surface area contributed by atoms with Crippen LogP contribution in [0, 0.1) is 0 Å². The van der Waals surface area contributed by atoms with Gasteiger partial charge in [-0.2, -0.15) is 0 Å². The van der Waals surface area contributed by atoms with Crippen LogP contribution in [0.1, 0.15) is 64.9 Å². The molecule has 0 aliphatic carbocycles. The molecule has 0 spiro atoms. The van der Waals surface area contributed by atoms with E-state index in [0.29, 0.717) is 21.6 Å². The summed E-state index contributed by atoms with van der Waals surface area (Å²) in [6.07, 6.45) is 10.8. The molecular formula is C28H42OSeSn. The molecule has 0 heterocycles. The minimum atomic E-state index is -2.43. The van der Waals surface area contributed by atoms with Crippen molar-refractivity contribution in [2.24, 2.45) is 0 Å². The molecule has 0 aliphatic heterocycles. The maximum atomic E-state index is 6.16. The number of hydrogen-bond donors (Lipinski definition) is 0. The predicted molar refractivity (Wildman–Crippen MR) is 141 cm³/mol. The van der Waals surface area contributed by atoms with Crippen molar-refractivity contribution in [1.82, 2.24) is 0 Å². The molecule has 2 rings (SSSR count). The third-order valence-electron chi connectivity index (χ3n) is 6.02. The van der Waals surface area contributed by atoms with Crippen LogP contribution in [0.2, 0.25) is 13.3 Å². The molecule has 2 aromatic carbocycles. The van der Waals surface area contributed by atoms with Crippen molar-refractivity contribution < 1.29 is 4.74 Å². The summed E-state index contributed by atoms with van der Waals surface area (Å²) in [4.78, 5) is 0. The Morgan fingerprint density at radius 2 is 1.29 bits per heavy atom. The van der Waals surface area contributed by atoms with Crippen LogP contribution < -0.4 is 4.46 Å². The van der Waals surface area contributed by atoms with E-state index in [1.165, 1.54) is 61.9 Å². The Kier molecular flexibility index (Phi) is 13.9. The molecule has 0 bridgehead atoms. The summed E-state index contributed by atoms with van der Waals surface area (Å²) in [7, 11) is 0. The summed E-state index contributed by atoms with van der Waals surface area (Å²) < 4.78 is 14.2. The van der Waals surface area contributed by atoms with Gasteiger partial charge in [-0.3, -0.25) is 0 Å². The molecule has 2 aromatic rings.